The molecule has 0 aliphatic carbocycles. The van der Waals surface area contributed by atoms with Crippen molar-refractivity contribution >= 4 is 0 Å². The fraction of sp³-hybridized carbons (Fsp3) is 0.700. The van der Waals surface area contributed by atoms with Gasteiger partial charge in [0.05, 0.1) is 0 Å². The molecule has 0 bridgehead atoms. The smallest absolute Gasteiger partial charge is 0.00989 e. The van der Waals surface area contributed by atoms with E-state index in [0.29, 0.717) is 0 Å². The topological polar surface area (TPSA) is 0 Å². The van der Waals surface area contributed by atoms with Gasteiger partial charge in [0.2, 0.25) is 0 Å². The Morgan fingerprint density at radius 1 is 1.00 bits per heavy atom. The molecule has 0 aliphatic heterocycles. The number of hydrogen-bond donors (Lipinski definition) is 0. The van der Waals surface area contributed by atoms with E-state index in [0.717, 1.165) is 19.3 Å². The van der Waals surface area contributed by atoms with Crippen molar-refractivity contribution in [3.05, 3.63) is 13.3 Å². The summed E-state index contributed by atoms with van der Waals surface area (Å²) in [4.78, 5) is 0. The first-order valence-corrected chi connectivity index (χ1v) is 4.10. The normalized spacial score (nSPS) is 9.20. The van der Waals surface area contributed by atoms with Gasteiger partial charge in [-0.05, 0) is 12.8 Å². The van der Waals surface area contributed by atoms with Gasteiger partial charge >= 0.3 is 0 Å². The van der Waals surface area contributed by atoms with Crippen molar-refractivity contribution in [2.45, 2.75) is 44.9 Å². The Balaban J connectivity index is 2.72. The maximum atomic E-state index is 6.66. The van der Waals surface area contributed by atoms with E-state index in [2.05, 4.69) is 12.8 Å². The van der Waals surface area contributed by atoms with Crippen LogP contribution in [0.15, 0.2) is 0 Å². The van der Waals surface area contributed by atoms with Gasteiger partial charge in [0.25, 0.3) is 0 Å². The van der Waals surface area contributed by atoms with Gasteiger partial charge in [0, 0.05) is 6.42 Å². The predicted octanol–water partition coefficient (Wildman–Crippen LogP) is 3.14. The van der Waals surface area contributed by atoms with Gasteiger partial charge < -0.3 is 0 Å². The maximum Gasteiger partial charge on any atom is 0.00989 e. The standard InChI is InChI=1S/C10H16/c1-3-5-7-9-10-8-6-4-2/h1,3,5-10H2. The Hall–Kier alpha value is -0.440. The van der Waals surface area contributed by atoms with Crippen LogP contribution in [-0.4, -0.2) is 0 Å². The van der Waals surface area contributed by atoms with Crippen molar-refractivity contribution in [2.24, 2.45) is 0 Å². The Kier molecular flexibility index (Phi) is 8.18. The molecule has 0 unspecified atom stereocenters. The first-order chi connectivity index (χ1) is 4.91. The molecule has 0 fully saturated rings. The monoisotopic (exact) mass is 136 g/mol. The van der Waals surface area contributed by atoms with Crippen molar-refractivity contribution < 1.29 is 0 Å². The zero-order chi connectivity index (χ0) is 7.66. The van der Waals surface area contributed by atoms with Crippen LogP contribution in [0, 0.1) is 19.3 Å². The third kappa shape index (κ3) is 7.56. The summed E-state index contributed by atoms with van der Waals surface area (Å²) in [5, 5.41) is 0. The van der Waals surface area contributed by atoms with Gasteiger partial charge in [0.15, 0.2) is 0 Å². The van der Waals surface area contributed by atoms with Gasteiger partial charge in [-0.25, -0.2) is 0 Å². The zero-order valence-corrected chi connectivity index (χ0v) is 6.66. The Morgan fingerprint density at radius 2 is 1.60 bits per heavy atom. The summed E-state index contributed by atoms with van der Waals surface area (Å²) in [5.41, 5.74) is 0. The molecule has 0 aromatic rings. The van der Waals surface area contributed by atoms with E-state index in [9.17, 15) is 0 Å². The van der Waals surface area contributed by atoms with Gasteiger partial charge in [-0.2, -0.15) is 0 Å². The molecule has 0 aromatic carbocycles. The maximum absolute atomic E-state index is 6.66. The van der Waals surface area contributed by atoms with Crippen molar-refractivity contribution in [3.63, 3.8) is 0 Å². The van der Waals surface area contributed by atoms with E-state index >= 15 is 0 Å². The van der Waals surface area contributed by atoms with E-state index in [4.69, 9.17) is 6.42 Å². The van der Waals surface area contributed by atoms with E-state index in [1.807, 2.05) is 0 Å². The minimum absolute atomic E-state index is 0.838. The molecule has 0 aromatic heterocycles. The van der Waals surface area contributed by atoms with Gasteiger partial charge in [-0.3, -0.25) is 0 Å². The first-order valence-electron chi connectivity index (χ1n) is 4.10. The van der Waals surface area contributed by atoms with E-state index < -0.39 is 0 Å². The molecule has 0 saturated carbocycles. The summed E-state index contributed by atoms with van der Waals surface area (Å²) < 4.78 is 0. The lowest BCUT2D eigenvalue weighted by atomic mass is 10.1. The van der Waals surface area contributed by atoms with Gasteiger partial charge in [-0.15, -0.1) is 0 Å². The van der Waals surface area contributed by atoms with Crippen LogP contribution in [0.2, 0.25) is 0 Å². The quantitative estimate of drug-likeness (QED) is 0.388. The molecule has 0 atom stereocenters. The van der Waals surface area contributed by atoms with Crippen LogP contribution in [0.25, 0.3) is 0 Å². The highest BCUT2D eigenvalue weighted by Gasteiger charge is 1.86. The molecule has 0 nitrogen and oxygen atoms in total. The van der Waals surface area contributed by atoms with Gasteiger partial charge in [-0.1, -0.05) is 44.9 Å². The Morgan fingerprint density at radius 3 is 2.20 bits per heavy atom. The van der Waals surface area contributed by atoms with Crippen molar-refractivity contribution in [2.75, 3.05) is 0 Å². The molecule has 0 spiro atoms. The lowest BCUT2D eigenvalue weighted by molar-refractivity contribution is 0.624. The summed E-state index contributed by atoms with van der Waals surface area (Å²) in [6.07, 6.45) is 14.8. The first kappa shape index (κ1) is 9.56. The minimum atomic E-state index is 0.838. The highest BCUT2D eigenvalue weighted by Crippen LogP contribution is 2.05. The van der Waals surface area contributed by atoms with Gasteiger partial charge in [0.1, 0.15) is 0 Å². The second kappa shape index (κ2) is 8.56. The average molecular weight is 136 g/mol. The van der Waals surface area contributed by atoms with E-state index in [1.54, 1.807) is 0 Å². The van der Waals surface area contributed by atoms with Crippen LogP contribution in [0.1, 0.15) is 44.9 Å². The van der Waals surface area contributed by atoms with Crippen molar-refractivity contribution in [1.29, 1.82) is 0 Å². The van der Waals surface area contributed by atoms with E-state index in [-0.39, 0.29) is 0 Å². The summed E-state index contributed by atoms with van der Waals surface area (Å²) in [6, 6.07) is 0. The molecule has 0 rings (SSSR count). The molecule has 0 amide bonds. The molecule has 10 heavy (non-hydrogen) atoms. The summed E-state index contributed by atoms with van der Waals surface area (Å²) in [7, 11) is 0. The molecule has 2 radical (unpaired) electrons. The summed E-state index contributed by atoms with van der Waals surface area (Å²) >= 11 is 0. The SMILES string of the molecule is [C]#CCCCCCCC[CH2]. The Bertz CT molecular complexity index is 86.7. The van der Waals surface area contributed by atoms with Crippen LogP contribution < -0.4 is 0 Å². The zero-order valence-electron chi connectivity index (χ0n) is 6.66. The predicted molar refractivity (Wildman–Crippen MR) is 44.8 cm³/mol. The fourth-order valence-corrected chi connectivity index (χ4v) is 0.920. The lowest BCUT2D eigenvalue weighted by Crippen LogP contribution is -1.77. The third-order valence-corrected chi connectivity index (χ3v) is 1.55. The third-order valence-electron chi connectivity index (χ3n) is 1.55. The number of hydrogen-bond acceptors (Lipinski definition) is 0. The second-order valence-electron chi connectivity index (χ2n) is 2.55. The highest BCUT2D eigenvalue weighted by molar-refractivity contribution is 4.74. The van der Waals surface area contributed by atoms with Crippen LogP contribution in [0.5, 0.6) is 0 Å². The summed E-state index contributed by atoms with van der Waals surface area (Å²) in [5.74, 6) is 2.40. The average Bonchev–Trinajstić information content (AvgIpc) is 1.97. The molecule has 56 valence electrons. The van der Waals surface area contributed by atoms with Crippen LogP contribution in [-0.2, 0) is 0 Å². The molecule has 0 heteroatoms. The molecular weight excluding hydrogens is 120 g/mol. The molecule has 0 saturated heterocycles. The number of unbranched alkanes of at least 4 members (excludes halogenated alkanes) is 6. The second-order valence-corrected chi connectivity index (χ2v) is 2.55. The van der Waals surface area contributed by atoms with E-state index in [1.165, 1.54) is 25.7 Å². The fourth-order valence-electron chi connectivity index (χ4n) is 0.920. The van der Waals surface area contributed by atoms with Crippen molar-refractivity contribution in [1.82, 2.24) is 0 Å². The number of rotatable bonds is 6. The molecule has 0 N–H and O–H groups in total. The van der Waals surface area contributed by atoms with Crippen molar-refractivity contribution in [3.8, 4) is 5.92 Å². The lowest BCUT2D eigenvalue weighted by Gasteiger charge is -1.95. The largest absolute Gasteiger partial charge is 0.0891 e. The molecule has 0 aliphatic rings. The highest BCUT2D eigenvalue weighted by atomic mass is 13.9. The Labute approximate surface area is 65.0 Å². The molecule has 0 heterocycles. The minimum Gasteiger partial charge on any atom is -0.0891 e. The summed E-state index contributed by atoms with van der Waals surface area (Å²) in [6.45, 7) is 3.78. The van der Waals surface area contributed by atoms with Crippen LogP contribution in [0.4, 0.5) is 0 Å². The molecular formula is C10H16. The van der Waals surface area contributed by atoms with Crippen LogP contribution in [0.3, 0.4) is 0 Å². The van der Waals surface area contributed by atoms with Crippen LogP contribution >= 0.6 is 0 Å².